The average molecular weight is 1080 g/mol. The largest absolute Gasteiger partial charge is 0.472 e. The van der Waals surface area contributed by atoms with Crippen LogP contribution in [0.5, 0.6) is 0 Å². The highest BCUT2D eigenvalue weighted by Gasteiger charge is 2.42. The average Bonchev–Trinajstić information content (AvgIpc) is 3.94. The smallest absolute Gasteiger partial charge is 0.462 e. The van der Waals surface area contributed by atoms with E-state index in [9.17, 15) is 33.4 Å². The van der Waals surface area contributed by atoms with Crippen molar-refractivity contribution in [3.63, 3.8) is 0 Å². The Morgan fingerprint density at radius 2 is 1.07 bits per heavy atom. The first-order chi connectivity index (χ1) is 36.0. The van der Waals surface area contributed by atoms with Gasteiger partial charge in [-0.05, 0) is 89.9 Å². The molecule has 4 amide bonds. The Labute approximate surface area is 452 Å². The van der Waals surface area contributed by atoms with Crippen LogP contribution in [0.2, 0.25) is 0 Å². The molecule has 2 aliphatic heterocycles. The van der Waals surface area contributed by atoms with Gasteiger partial charge in [0.1, 0.15) is 6.61 Å². The molecule has 0 saturated carbocycles. The van der Waals surface area contributed by atoms with Gasteiger partial charge in [-0.1, -0.05) is 154 Å². The molecule has 2 aliphatic rings. The third kappa shape index (κ3) is 38.6. The second kappa shape index (κ2) is 46.2. The summed E-state index contributed by atoms with van der Waals surface area (Å²) in [5.74, 6) is -0.209. The topological polar surface area (TPSA) is 208 Å². The molecule has 2 heterocycles. The number of hydrogen-bond donors (Lipinski definition) is 5. The summed E-state index contributed by atoms with van der Waals surface area (Å²) >= 11 is 1.88. The molecule has 428 valence electrons. The number of carbonyl (C=O) groups excluding carboxylic acids is 5. The van der Waals surface area contributed by atoms with Crippen molar-refractivity contribution in [1.82, 2.24) is 21.3 Å². The number of urea groups is 1. The summed E-state index contributed by atoms with van der Waals surface area (Å²) in [5, 5.41) is 12.0. The summed E-state index contributed by atoms with van der Waals surface area (Å²) in [6.07, 6.45) is 43.8. The second-order valence-corrected chi connectivity index (χ2v) is 23.2. The molecule has 2 rings (SSSR count). The van der Waals surface area contributed by atoms with Crippen molar-refractivity contribution in [2.45, 2.75) is 268 Å². The van der Waals surface area contributed by atoms with E-state index >= 15 is 0 Å². The molecule has 0 aromatic rings. The van der Waals surface area contributed by atoms with Crippen molar-refractivity contribution < 1.29 is 52.0 Å². The van der Waals surface area contributed by atoms with Crippen LogP contribution in [0.3, 0.4) is 0 Å². The Morgan fingerprint density at radius 1 is 0.595 bits per heavy atom. The van der Waals surface area contributed by atoms with Gasteiger partial charge in [-0.2, -0.15) is 11.8 Å². The number of allylic oxidation sites excluding steroid dienone is 4. The number of thioether (sulfide) groups is 1. The Hall–Kier alpha value is -2.91. The van der Waals surface area contributed by atoms with Gasteiger partial charge in [-0.3, -0.25) is 28.2 Å². The van der Waals surface area contributed by atoms with E-state index in [1.54, 1.807) is 0 Å². The van der Waals surface area contributed by atoms with Gasteiger partial charge in [0, 0.05) is 49.8 Å². The zero-order valence-electron chi connectivity index (χ0n) is 46.2. The number of amides is 4. The molecule has 0 aromatic heterocycles. The third-order valence-corrected chi connectivity index (χ3v) is 16.1. The van der Waals surface area contributed by atoms with Gasteiger partial charge in [-0.15, -0.1) is 0 Å². The van der Waals surface area contributed by atoms with Crippen molar-refractivity contribution in [1.29, 1.82) is 0 Å². The van der Waals surface area contributed by atoms with Crippen LogP contribution < -0.4 is 21.3 Å². The molecule has 0 aliphatic carbocycles. The highest BCUT2D eigenvalue weighted by atomic mass is 32.2. The van der Waals surface area contributed by atoms with E-state index < -0.39 is 32.5 Å². The first-order valence-electron chi connectivity index (χ1n) is 29.5. The first-order valence-corrected chi connectivity index (χ1v) is 32.1. The molecule has 0 bridgehead atoms. The predicted octanol–water partition coefficient (Wildman–Crippen LogP) is 13.2. The molecule has 2 saturated heterocycles. The van der Waals surface area contributed by atoms with E-state index in [1.165, 1.54) is 77.0 Å². The van der Waals surface area contributed by atoms with E-state index in [2.05, 4.69) is 59.4 Å². The minimum Gasteiger partial charge on any atom is -0.462 e. The van der Waals surface area contributed by atoms with E-state index in [4.69, 9.17) is 18.5 Å². The lowest BCUT2D eigenvalue weighted by molar-refractivity contribution is -0.161. The number of unbranched alkanes of at least 4 members (excludes halogenated alkanes) is 25. The van der Waals surface area contributed by atoms with Crippen LogP contribution in [0.25, 0.3) is 0 Å². The van der Waals surface area contributed by atoms with Gasteiger partial charge in [0.15, 0.2) is 6.10 Å². The molecular weight excluding hydrogens is 980 g/mol. The van der Waals surface area contributed by atoms with Gasteiger partial charge in [0.2, 0.25) is 11.8 Å². The van der Waals surface area contributed by atoms with Crippen LogP contribution >= 0.6 is 19.6 Å². The number of fused-ring (bicyclic) bond motifs is 1. The summed E-state index contributed by atoms with van der Waals surface area (Å²) in [6, 6.07) is 0.303. The molecule has 5 atom stereocenters. The summed E-state index contributed by atoms with van der Waals surface area (Å²) in [7, 11) is -4.60. The normalized spacial score (nSPS) is 17.5. The molecule has 74 heavy (non-hydrogen) atoms. The zero-order chi connectivity index (χ0) is 53.6. The fourth-order valence-electron chi connectivity index (χ4n) is 9.13. The number of phosphoric acid groups is 1. The fourth-order valence-corrected chi connectivity index (χ4v) is 11.4. The minimum atomic E-state index is -4.60. The van der Waals surface area contributed by atoms with Crippen LogP contribution in [0.15, 0.2) is 24.3 Å². The van der Waals surface area contributed by atoms with E-state index in [1.807, 2.05) is 11.8 Å². The molecule has 2 fully saturated rings. The monoisotopic (exact) mass is 1080 g/mol. The third-order valence-electron chi connectivity index (χ3n) is 13.6. The lowest BCUT2D eigenvalue weighted by atomic mass is 10.0. The molecule has 1 unspecified atom stereocenters. The van der Waals surface area contributed by atoms with Crippen molar-refractivity contribution in [2.75, 3.05) is 38.7 Å². The Morgan fingerprint density at radius 3 is 1.64 bits per heavy atom. The maximum absolute atomic E-state index is 12.9. The lowest BCUT2D eigenvalue weighted by Crippen LogP contribution is -2.36. The zero-order valence-corrected chi connectivity index (χ0v) is 47.9. The van der Waals surface area contributed by atoms with E-state index in [0.29, 0.717) is 37.5 Å². The fraction of sp³-hybridized carbons (Fsp3) is 0.842. The SMILES string of the molecule is CCCCCCCC/C=C\CCCCCCCC(=O)OC[C@H](COP(=O)(O)OCCNC(=O)CCCCCNC(=O)CCCC[C@@H]1SC[C@@H]2NC(=O)N[C@@H]21)OC(=O)CCCCCCC/C=C\CCCCCCCC. The highest BCUT2D eigenvalue weighted by Crippen LogP contribution is 2.43. The summed E-state index contributed by atoms with van der Waals surface area (Å²) in [5.41, 5.74) is 0. The van der Waals surface area contributed by atoms with E-state index in [0.717, 1.165) is 115 Å². The first kappa shape index (κ1) is 67.2. The molecule has 0 radical (unpaired) electrons. The van der Waals surface area contributed by atoms with Crippen LogP contribution in [-0.4, -0.2) is 96.8 Å². The maximum Gasteiger partial charge on any atom is 0.472 e. The standard InChI is InChI=1S/C57H103N4O11PS/c1-3-5-7-9-11-13-15-17-19-21-23-25-27-29-33-41-54(64)69-46-49(72-55(65)42-34-30-28-26-24-22-20-18-16-14-12-10-8-6-4-2)47-71-73(67,68)70-45-44-59-53(63)39-32-31-37-43-58-52(62)40-36-35-38-51-56-50(48-74-51)60-57(66)61-56/h17-20,49-51,56H,3-16,21-48H2,1-2H3,(H,58,62)(H,59,63)(H,67,68)(H2,60,61,66)/b19-17-,20-18-/t49-,50+,51+,56+/m1/s1. The number of phosphoric ester groups is 1. The Balaban J connectivity index is 1.61. The molecular formula is C57H103N4O11PS. The molecule has 15 nitrogen and oxygen atoms in total. The number of hydrogen-bond acceptors (Lipinski definition) is 11. The van der Waals surface area contributed by atoms with Crippen molar-refractivity contribution in [3.05, 3.63) is 24.3 Å². The molecule has 17 heteroatoms. The van der Waals surface area contributed by atoms with Crippen LogP contribution in [0, 0.1) is 0 Å². The van der Waals surface area contributed by atoms with Crippen molar-refractivity contribution >= 4 is 49.4 Å². The van der Waals surface area contributed by atoms with Crippen LogP contribution in [0.4, 0.5) is 4.79 Å². The number of ether oxygens (including phenoxy) is 2. The van der Waals surface area contributed by atoms with Gasteiger partial charge in [0.25, 0.3) is 0 Å². The van der Waals surface area contributed by atoms with Gasteiger partial charge >= 0.3 is 25.8 Å². The number of rotatable bonds is 51. The summed E-state index contributed by atoms with van der Waals surface area (Å²) < 4.78 is 34.1. The second-order valence-electron chi connectivity index (χ2n) is 20.4. The minimum absolute atomic E-state index is 0.0165. The molecule has 0 spiro atoms. The highest BCUT2D eigenvalue weighted by molar-refractivity contribution is 8.00. The number of esters is 2. The van der Waals surface area contributed by atoms with Gasteiger partial charge in [0.05, 0.1) is 25.3 Å². The number of nitrogens with one attached hydrogen (secondary N) is 4. The predicted molar refractivity (Wildman–Crippen MR) is 300 cm³/mol. The maximum atomic E-state index is 12.9. The number of carbonyl (C=O) groups is 5. The Bertz CT molecular complexity index is 1590. The van der Waals surface area contributed by atoms with Crippen molar-refractivity contribution in [2.24, 2.45) is 0 Å². The summed E-state index contributed by atoms with van der Waals surface area (Å²) in [6.45, 7) is 3.89. The van der Waals surface area contributed by atoms with Gasteiger partial charge in [-0.25, -0.2) is 9.36 Å². The Kier molecular flexibility index (Phi) is 42.0. The molecule has 0 aromatic carbocycles. The van der Waals surface area contributed by atoms with E-state index in [-0.39, 0.29) is 69.0 Å². The van der Waals surface area contributed by atoms with Crippen molar-refractivity contribution in [3.8, 4) is 0 Å². The quantitative estimate of drug-likeness (QED) is 0.0127. The van der Waals surface area contributed by atoms with Crippen LogP contribution in [-0.2, 0) is 42.3 Å². The summed E-state index contributed by atoms with van der Waals surface area (Å²) in [4.78, 5) is 72.1. The van der Waals surface area contributed by atoms with Crippen LogP contribution in [0.1, 0.15) is 245 Å². The molecule has 5 N–H and O–H groups in total. The van der Waals surface area contributed by atoms with Gasteiger partial charge < -0.3 is 35.6 Å². The lowest BCUT2D eigenvalue weighted by Gasteiger charge is -2.20.